The van der Waals surface area contributed by atoms with Crippen LogP contribution < -0.4 is 0 Å². The SMILES string of the molecule is CCO[Si](C)(OCC)OC(=O)CCC(S)(S)CC. The van der Waals surface area contributed by atoms with Gasteiger partial charge in [0.1, 0.15) is 0 Å². The van der Waals surface area contributed by atoms with Gasteiger partial charge in [-0.1, -0.05) is 6.92 Å². The van der Waals surface area contributed by atoms with E-state index in [9.17, 15) is 4.79 Å². The Labute approximate surface area is 122 Å². The van der Waals surface area contributed by atoms with Gasteiger partial charge in [-0.3, -0.25) is 4.79 Å². The zero-order valence-electron chi connectivity index (χ0n) is 11.6. The van der Waals surface area contributed by atoms with E-state index in [1.165, 1.54) is 0 Å². The number of carbonyl (C=O) groups is 1. The summed E-state index contributed by atoms with van der Waals surface area (Å²) in [7, 11) is -2.82. The largest absolute Gasteiger partial charge is 0.564 e. The van der Waals surface area contributed by atoms with E-state index in [-0.39, 0.29) is 12.4 Å². The lowest BCUT2D eigenvalue weighted by Crippen LogP contribution is -2.44. The average molecular weight is 313 g/mol. The molecule has 0 spiro atoms. The second-order valence-corrected chi connectivity index (χ2v) is 8.61. The van der Waals surface area contributed by atoms with Crippen LogP contribution in [-0.2, 0) is 18.1 Å². The quantitative estimate of drug-likeness (QED) is 0.390. The molecule has 7 heteroatoms. The monoisotopic (exact) mass is 312 g/mol. The fourth-order valence-electron chi connectivity index (χ4n) is 1.36. The van der Waals surface area contributed by atoms with Crippen molar-refractivity contribution in [1.29, 1.82) is 0 Å². The van der Waals surface area contributed by atoms with Crippen LogP contribution in [0.2, 0.25) is 6.55 Å². The summed E-state index contributed by atoms with van der Waals surface area (Å²) in [6, 6.07) is 0. The van der Waals surface area contributed by atoms with Crippen molar-refractivity contribution < 1.29 is 18.1 Å². The molecule has 0 atom stereocenters. The molecule has 4 nitrogen and oxygen atoms in total. The number of carbonyl (C=O) groups excluding carboxylic acids is 1. The van der Waals surface area contributed by atoms with Gasteiger partial charge in [-0.25, -0.2) is 0 Å². The Morgan fingerprint density at radius 3 is 2.06 bits per heavy atom. The molecular weight excluding hydrogens is 288 g/mol. The van der Waals surface area contributed by atoms with E-state index in [0.717, 1.165) is 6.42 Å². The summed E-state index contributed by atoms with van der Waals surface area (Å²) in [6.07, 6.45) is 1.60. The zero-order valence-corrected chi connectivity index (χ0v) is 14.4. The molecule has 0 N–H and O–H groups in total. The van der Waals surface area contributed by atoms with E-state index in [1.807, 2.05) is 20.8 Å². The molecule has 0 fully saturated rings. The maximum absolute atomic E-state index is 11.8. The fraction of sp³-hybridized carbons (Fsp3) is 0.909. The molecule has 0 unspecified atom stereocenters. The Hall–Kier alpha value is 0.307. The fourth-order valence-corrected chi connectivity index (χ4v) is 3.35. The summed E-state index contributed by atoms with van der Waals surface area (Å²) < 4.78 is 15.8. The summed E-state index contributed by atoms with van der Waals surface area (Å²) in [4.78, 5) is 11.8. The zero-order chi connectivity index (χ0) is 14.2. The number of hydrogen-bond acceptors (Lipinski definition) is 6. The Morgan fingerprint density at radius 2 is 1.67 bits per heavy atom. The molecule has 0 bridgehead atoms. The van der Waals surface area contributed by atoms with Gasteiger partial charge in [0.2, 0.25) is 0 Å². The molecule has 0 saturated heterocycles. The first-order valence-electron chi connectivity index (χ1n) is 6.23. The first-order valence-corrected chi connectivity index (χ1v) is 9.35. The lowest BCUT2D eigenvalue weighted by atomic mass is 10.2. The maximum atomic E-state index is 11.8. The Balaban J connectivity index is 4.26. The first-order chi connectivity index (χ1) is 8.28. The second kappa shape index (κ2) is 8.47. The molecule has 0 heterocycles. The normalized spacial score (nSPS) is 12.6. The van der Waals surface area contributed by atoms with Gasteiger partial charge in [-0.2, -0.15) is 25.3 Å². The van der Waals surface area contributed by atoms with Crippen molar-refractivity contribution in [2.45, 2.75) is 50.7 Å². The van der Waals surface area contributed by atoms with Crippen LogP contribution in [0.4, 0.5) is 0 Å². The Morgan fingerprint density at radius 1 is 1.17 bits per heavy atom. The van der Waals surface area contributed by atoms with Gasteiger partial charge in [0, 0.05) is 26.2 Å². The van der Waals surface area contributed by atoms with Crippen LogP contribution in [0.5, 0.6) is 0 Å². The first kappa shape index (κ1) is 18.3. The number of rotatable bonds is 9. The van der Waals surface area contributed by atoms with Crippen LogP contribution >= 0.6 is 25.3 Å². The Kier molecular flexibility index (Phi) is 8.62. The highest BCUT2D eigenvalue weighted by molar-refractivity contribution is 8.00. The van der Waals surface area contributed by atoms with E-state index in [4.69, 9.17) is 13.3 Å². The number of thiol groups is 2. The van der Waals surface area contributed by atoms with E-state index in [0.29, 0.717) is 19.6 Å². The summed E-state index contributed by atoms with van der Waals surface area (Å²) >= 11 is 8.72. The predicted octanol–water partition coefficient (Wildman–Crippen LogP) is 2.92. The third-order valence-corrected chi connectivity index (χ3v) is 5.71. The Bertz CT molecular complexity index is 255. The summed E-state index contributed by atoms with van der Waals surface area (Å²) in [5.41, 5.74) is 0. The van der Waals surface area contributed by atoms with Crippen molar-refractivity contribution in [2.24, 2.45) is 0 Å². The molecule has 0 aromatic heterocycles. The molecule has 108 valence electrons. The van der Waals surface area contributed by atoms with Crippen LogP contribution in [0.3, 0.4) is 0 Å². The lowest BCUT2D eigenvalue weighted by Gasteiger charge is -2.25. The van der Waals surface area contributed by atoms with Gasteiger partial charge in [-0.15, -0.1) is 0 Å². The van der Waals surface area contributed by atoms with Gasteiger partial charge in [0.25, 0.3) is 5.97 Å². The maximum Gasteiger partial charge on any atom is 0.564 e. The van der Waals surface area contributed by atoms with E-state index in [1.54, 1.807) is 6.55 Å². The summed E-state index contributed by atoms with van der Waals surface area (Å²) in [5.74, 6) is -0.313. The summed E-state index contributed by atoms with van der Waals surface area (Å²) in [5, 5.41) is 0. The molecule has 18 heavy (non-hydrogen) atoms. The van der Waals surface area contributed by atoms with Gasteiger partial charge >= 0.3 is 8.80 Å². The lowest BCUT2D eigenvalue weighted by molar-refractivity contribution is -0.139. The van der Waals surface area contributed by atoms with E-state index < -0.39 is 12.9 Å². The van der Waals surface area contributed by atoms with Gasteiger partial charge in [-0.05, 0) is 26.7 Å². The minimum absolute atomic E-state index is 0.267. The molecule has 0 aromatic carbocycles. The highest BCUT2D eigenvalue weighted by atomic mass is 32.2. The molecule has 0 radical (unpaired) electrons. The minimum atomic E-state index is -2.82. The third kappa shape index (κ3) is 7.68. The van der Waals surface area contributed by atoms with Gasteiger partial charge in [0.05, 0.1) is 4.08 Å². The van der Waals surface area contributed by atoms with Crippen molar-refractivity contribution in [1.82, 2.24) is 0 Å². The van der Waals surface area contributed by atoms with Gasteiger partial charge in [0.15, 0.2) is 0 Å². The number of hydrogen-bond donors (Lipinski definition) is 2. The topological polar surface area (TPSA) is 44.8 Å². The van der Waals surface area contributed by atoms with E-state index in [2.05, 4.69) is 25.3 Å². The van der Waals surface area contributed by atoms with Gasteiger partial charge < -0.3 is 13.3 Å². The smallest absolute Gasteiger partial charge is 0.473 e. The highest BCUT2D eigenvalue weighted by Gasteiger charge is 2.38. The van der Waals surface area contributed by atoms with Crippen molar-refractivity contribution in [3.63, 3.8) is 0 Å². The standard InChI is InChI=1S/C11H24O4S2Si/c1-5-11(16,17)9-8-10(12)15-18(4,13-6-2)14-7-3/h16-17H,5-9H2,1-4H3. The molecule has 0 aliphatic rings. The molecular formula is C11H24O4S2Si. The van der Waals surface area contributed by atoms with Crippen molar-refractivity contribution >= 4 is 40.0 Å². The molecule has 0 aromatic rings. The van der Waals surface area contributed by atoms with Crippen molar-refractivity contribution in [3.05, 3.63) is 0 Å². The van der Waals surface area contributed by atoms with Crippen LogP contribution in [0.25, 0.3) is 0 Å². The van der Waals surface area contributed by atoms with Crippen LogP contribution in [0, 0.1) is 0 Å². The van der Waals surface area contributed by atoms with E-state index >= 15 is 0 Å². The summed E-state index contributed by atoms with van der Waals surface area (Å²) in [6.45, 7) is 8.34. The van der Waals surface area contributed by atoms with Crippen molar-refractivity contribution in [2.75, 3.05) is 13.2 Å². The molecule has 0 aliphatic carbocycles. The predicted molar refractivity (Wildman–Crippen MR) is 81.2 cm³/mol. The molecule has 0 aliphatic heterocycles. The molecule has 0 rings (SSSR count). The molecule has 0 amide bonds. The highest BCUT2D eigenvalue weighted by Crippen LogP contribution is 2.29. The average Bonchev–Trinajstić information content (AvgIpc) is 2.27. The second-order valence-electron chi connectivity index (χ2n) is 4.04. The van der Waals surface area contributed by atoms with Crippen LogP contribution in [-0.4, -0.2) is 32.1 Å². The minimum Gasteiger partial charge on any atom is -0.473 e. The van der Waals surface area contributed by atoms with Crippen LogP contribution in [0.1, 0.15) is 40.0 Å². The third-order valence-electron chi connectivity index (χ3n) is 2.41. The molecule has 0 saturated carbocycles. The van der Waals surface area contributed by atoms with Crippen LogP contribution in [0.15, 0.2) is 0 Å². The van der Waals surface area contributed by atoms with Crippen molar-refractivity contribution in [3.8, 4) is 0 Å².